The summed E-state index contributed by atoms with van der Waals surface area (Å²) in [6.45, 7) is 5.63. The van der Waals surface area contributed by atoms with Crippen molar-refractivity contribution in [3.63, 3.8) is 0 Å². The lowest BCUT2D eigenvalue weighted by atomic mass is 10.0. The third-order valence-corrected chi connectivity index (χ3v) is 5.53. The molecule has 0 spiro atoms. The van der Waals surface area contributed by atoms with Gasteiger partial charge in [0.05, 0.1) is 12.2 Å². The number of carbonyl (C=O) groups is 2. The van der Waals surface area contributed by atoms with Crippen LogP contribution in [-0.2, 0) is 9.53 Å². The highest BCUT2D eigenvalue weighted by Crippen LogP contribution is 2.22. The number of benzene rings is 3. The second-order valence-corrected chi connectivity index (χ2v) is 8.41. The van der Waals surface area contributed by atoms with Crippen LogP contribution in [0.3, 0.4) is 0 Å². The van der Waals surface area contributed by atoms with E-state index in [-0.39, 0.29) is 30.5 Å². The van der Waals surface area contributed by atoms with E-state index in [4.69, 9.17) is 9.47 Å². The number of anilines is 2. The molecule has 0 saturated carbocycles. The molecule has 1 saturated heterocycles. The standard InChI is InChI=1S/C27H27FN2O4/c1-18-15-30(16-19(2)34-18)24-11-9-23(10-12-24)29-26(31)17-33-25-13-5-21(6-14-25)27(32)20-3-7-22(28)8-4-20/h3-14,18-19H,15-17H2,1-2H3,(H,29,31). The summed E-state index contributed by atoms with van der Waals surface area (Å²) in [5.41, 5.74) is 2.63. The maximum atomic E-state index is 13.0. The van der Waals surface area contributed by atoms with Crippen molar-refractivity contribution < 1.29 is 23.5 Å². The van der Waals surface area contributed by atoms with Crippen molar-refractivity contribution in [2.45, 2.75) is 26.1 Å². The molecule has 1 amide bonds. The van der Waals surface area contributed by atoms with Crippen LogP contribution in [0.4, 0.5) is 15.8 Å². The van der Waals surface area contributed by atoms with Gasteiger partial charge in [-0.05, 0) is 86.6 Å². The minimum absolute atomic E-state index is 0.161. The van der Waals surface area contributed by atoms with Gasteiger partial charge >= 0.3 is 0 Å². The van der Waals surface area contributed by atoms with Gasteiger partial charge in [-0.25, -0.2) is 4.39 Å². The molecule has 6 nitrogen and oxygen atoms in total. The number of halogens is 1. The second-order valence-electron chi connectivity index (χ2n) is 8.41. The van der Waals surface area contributed by atoms with Crippen LogP contribution in [0.2, 0.25) is 0 Å². The predicted octanol–water partition coefficient (Wildman–Crippen LogP) is 4.69. The average molecular weight is 463 g/mol. The van der Waals surface area contributed by atoms with E-state index in [1.165, 1.54) is 24.3 Å². The third-order valence-electron chi connectivity index (χ3n) is 5.53. The van der Waals surface area contributed by atoms with Crippen LogP contribution in [0.25, 0.3) is 0 Å². The number of ether oxygens (including phenoxy) is 2. The number of ketones is 1. The molecule has 3 aromatic rings. The highest BCUT2D eigenvalue weighted by molar-refractivity contribution is 6.09. The minimum atomic E-state index is -0.393. The van der Waals surface area contributed by atoms with Crippen LogP contribution in [0.15, 0.2) is 72.8 Å². The molecule has 1 aliphatic heterocycles. The fraction of sp³-hybridized carbons (Fsp3) is 0.259. The zero-order chi connectivity index (χ0) is 24.1. The van der Waals surface area contributed by atoms with Crippen molar-refractivity contribution in [1.29, 1.82) is 0 Å². The van der Waals surface area contributed by atoms with E-state index in [0.29, 0.717) is 22.6 Å². The van der Waals surface area contributed by atoms with Crippen LogP contribution < -0.4 is 15.0 Å². The Hall–Kier alpha value is -3.71. The Morgan fingerprint density at radius 2 is 1.47 bits per heavy atom. The van der Waals surface area contributed by atoms with E-state index < -0.39 is 5.82 Å². The molecule has 176 valence electrons. The van der Waals surface area contributed by atoms with Crippen molar-refractivity contribution >= 4 is 23.1 Å². The number of morpholine rings is 1. The lowest BCUT2D eigenvalue weighted by Crippen LogP contribution is -2.45. The molecule has 34 heavy (non-hydrogen) atoms. The van der Waals surface area contributed by atoms with Gasteiger partial charge in [-0.3, -0.25) is 9.59 Å². The molecular weight excluding hydrogens is 435 g/mol. The molecular formula is C27H27FN2O4. The van der Waals surface area contributed by atoms with Crippen LogP contribution in [0.5, 0.6) is 5.75 Å². The summed E-state index contributed by atoms with van der Waals surface area (Å²) in [7, 11) is 0. The molecule has 0 aliphatic carbocycles. The number of nitrogens with zero attached hydrogens (tertiary/aromatic N) is 1. The molecule has 0 bridgehead atoms. The SMILES string of the molecule is CC1CN(c2ccc(NC(=O)COc3ccc(C(=O)c4ccc(F)cc4)cc3)cc2)CC(C)O1. The molecule has 1 fully saturated rings. The number of carbonyl (C=O) groups excluding carboxylic acids is 2. The molecule has 1 N–H and O–H groups in total. The Balaban J connectivity index is 1.27. The second kappa shape index (κ2) is 10.5. The highest BCUT2D eigenvalue weighted by Gasteiger charge is 2.22. The monoisotopic (exact) mass is 462 g/mol. The first kappa shape index (κ1) is 23.4. The molecule has 0 radical (unpaired) electrons. The van der Waals surface area contributed by atoms with Gasteiger partial charge in [0.25, 0.3) is 5.91 Å². The van der Waals surface area contributed by atoms with Gasteiger partial charge < -0.3 is 19.7 Å². The van der Waals surface area contributed by atoms with Gasteiger partial charge in [-0.2, -0.15) is 0 Å². The maximum absolute atomic E-state index is 13.0. The molecule has 2 atom stereocenters. The third kappa shape index (κ3) is 5.99. The molecule has 7 heteroatoms. The van der Waals surface area contributed by atoms with Crippen molar-refractivity contribution in [1.82, 2.24) is 0 Å². The lowest BCUT2D eigenvalue weighted by molar-refractivity contribution is -0.118. The first-order valence-corrected chi connectivity index (χ1v) is 11.2. The number of hydrogen-bond donors (Lipinski definition) is 1. The van der Waals surface area contributed by atoms with Crippen molar-refractivity contribution in [3.8, 4) is 5.75 Å². The van der Waals surface area contributed by atoms with Gasteiger partial charge in [0.2, 0.25) is 0 Å². The Labute approximate surface area is 198 Å². The Morgan fingerprint density at radius 1 is 0.912 bits per heavy atom. The summed E-state index contributed by atoms with van der Waals surface area (Å²) in [4.78, 5) is 27.0. The lowest BCUT2D eigenvalue weighted by Gasteiger charge is -2.36. The summed E-state index contributed by atoms with van der Waals surface area (Å²) in [5, 5.41) is 2.82. The molecule has 1 aliphatic rings. The number of rotatable bonds is 7. The van der Waals surface area contributed by atoms with Crippen LogP contribution in [0, 0.1) is 5.82 Å². The summed E-state index contributed by atoms with van der Waals surface area (Å²) in [6, 6.07) is 19.6. The summed E-state index contributed by atoms with van der Waals surface area (Å²) in [6.07, 6.45) is 0.353. The minimum Gasteiger partial charge on any atom is -0.484 e. The fourth-order valence-corrected chi connectivity index (χ4v) is 3.96. The van der Waals surface area contributed by atoms with Gasteiger partial charge in [0.1, 0.15) is 11.6 Å². The van der Waals surface area contributed by atoms with Crippen molar-refractivity contribution in [2.75, 3.05) is 29.9 Å². The Morgan fingerprint density at radius 3 is 2.06 bits per heavy atom. The van der Waals surface area contributed by atoms with E-state index >= 15 is 0 Å². The van der Waals surface area contributed by atoms with E-state index in [0.717, 1.165) is 18.8 Å². The smallest absolute Gasteiger partial charge is 0.262 e. The van der Waals surface area contributed by atoms with E-state index in [1.54, 1.807) is 24.3 Å². The number of nitrogens with one attached hydrogen (secondary N) is 1. The van der Waals surface area contributed by atoms with Crippen molar-refractivity contribution in [3.05, 3.63) is 89.7 Å². The average Bonchev–Trinajstić information content (AvgIpc) is 2.83. The molecule has 2 unspecified atom stereocenters. The van der Waals surface area contributed by atoms with Gasteiger partial charge in [-0.15, -0.1) is 0 Å². The highest BCUT2D eigenvalue weighted by atomic mass is 19.1. The molecule has 3 aromatic carbocycles. The normalized spacial score (nSPS) is 17.8. The quantitative estimate of drug-likeness (QED) is 0.516. The van der Waals surface area contributed by atoms with E-state index in [2.05, 4.69) is 24.1 Å². The van der Waals surface area contributed by atoms with Gasteiger partial charge in [0, 0.05) is 35.6 Å². The largest absolute Gasteiger partial charge is 0.484 e. The molecule has 4 rings (SSSR count). The zero-order valence-corrected chi connectivity index (χ0v) is 19.2. The van der Waals surface area contributed by atoms with Crippen molar-refractivity contribution in [2.24, 2.45) is 0 Å². The van der Waals surface area contributed by atoms with E-state index in [1.807, 2.05) is 24.3 Å². The Bertz CT molecular complexity index is 1120. The summed E-state index contributed by atoms with van der Waals surface area (Å²) >= 11 is 0. The van der Waals surface area contributed by atoms with Crippen LogP contribution in [-0.4, -0.2) is 43.6 Å². The molecule has 1 heterocycles. The van der Waals surface area contributed by atoms with E-state index in [9.17, 15) is 14.0 Å². The van der Waals surface area contributed by atoms with Crippen LogP contribution in [0.1, 0.15) is 29.8 Å². The fourth-order valence-electron chi connectivity index (χ4n) is 3.96. The maximum Gasteiger partial charge on any atom is 0.262 e. The first-order valence-electron chi connectivity index (χ1n) is 11.2. The summed E-state index contributed by atoms with van der Waals surface area (Å²) < 4.78 is 24.4. The summed E-state index contributed by atoms with van der Waals surface area (Å²) in [5.74, 6) is -0.422. The zero-order valence-electron chi connectivity index (χ0n) is 19.2. The molecule has 0 aromatic heterocycles. The number of amides is 1. The Kier molecular flexibility index (Phi) is 7.23. The van der Waals surface area contributed by atoms with Gasteiger partial charge in [-0.1, -0.05) is 0 Å². The topological polar surface area (TPSA) is 67.9 Å². The van der Waals surface area contributed by atoms with Gasteiger partial charge in [0.15, 0.2) is 12.4 Å². The first-order chi connectivity index (χ1) is 16.4. The van der Waals surface area contributed by atoms with Crippen LogP contribution >= 0.6 is 0 Å². The number of hydrogen-bond acceptors (Lipinski definition) is 5. The predicted molar refractivity (Wildman–Crippen MR) is 129 cm³/mol.